The first-order chi connectivity index (χ1) is 14.8. The summed E-state index contributed by atoms with van der Waals surface area (Å²) in [7, 11) is 4.02. The van der Waals surface area contributed by atoms with Gasteiger partial charge in [0.25, 0.3) is 5.91 Å². The van der Waals surface area contributed by atoms with E-state index in [1.165, 1.54) is 6.07 Å². The van der Waals surface area contributed by atoms with E-state index in [1.54, 1.807) is 0 Å². The second-order valence-corrected chi connectivity index (χ2v) is 7.91. The van der Waals surface area contributed by atoms with Crippen LogP contribution in [0.1, 0.15) is 43.1 Å². The normalized spacial score (nSPS) is 11.5. The van der Waals surface area contributed by atoms with Crippen molar-refractivity contribution in [3.63, 3.8) is 0 Å². The molecular weight excluding hydrogens is 392 g/mol. The van der Waals surface area contributed by atoms with E-state index >= 15 is 0 Å². The van der Waals surface area contributed by atoms with Crippen LogP contribution in [0.5, 0.6) is 0 Å². The molecule has 0 fully saturated rings. The highest BCUT2D eigenvalue weighted by molar-refractivity contribution is 5.99. The molecule has 0 bridgehead atoms. The number of benzene rings is 2. The molecule has 0 spiro atoms. The van der Waals surface area contributed by atoms with Crippen molar-refractivity contribution in [3.8, 4) is 11.4 Å². The molecule has 4 aromatic rings. The lowest BCUT2D eigenvalue weighted by Crippen LogP contribution is -2.20. The number of aromatic nitrogens is 2. The molecule has 0 aliphatic heterocycles. The van der Waals surface area contributed by atoms with Gasteiger partial charge in [0.2, 0.25) is 0 Å². The Morgan fingerprint density at radius 3 is 2.39 bits per heavy atom. The van der Waals surface area contributed by atoms with Gasteiger partial charge in [-0.05, 0) is 49.2 Å². The van der Waals surface area contributed by atoms with Crippen molar-refractivity contribution in [1.82, 2.24) is 9.55 Å². The summed E-state index contributed by atoms with van der Waals surface area (Å²) >= 11 is 0. The Morgan fingerprint density at radius 1 is 1.13 bits per heavy atom. The highest BCUT2D eigenvalue weighted by Gasteiger charge is 2.20. The number of nitrogens with two attached hydrogens (primary N) is 1. The Morgan fingerprint density at radius 2 is 1.81 bits per heavy atom. The largest absolute Gasteiger partial charge is 0.422 e. The van der Waals surface area contributed by atoms with Gasteiger partial charge in [-0.1, -0.05) is 13.8 Å². The van der Waals surface area contributed by atoms with Gasteiger partial charge >= 0.3 is 5.63 Å². The Labute approximate surface area is 180 Å². The molecule has 0 aliphatic rings. The van der Waals surface area contributed by atoms with Crippen LogP contribution in [-0.2, 0) is 0 Å². The number of imidazole rings is 1. The van der Waals surface area contributed by atoms with E-state index in [9.17, 15) is 9.59 Å². The Hall–Kier alpha value is -3.61. The number of anilines is 1. The summed E-state index contributed by atoms with van der Waals surface area (Å²) in [6, 6.07) is 13.7. The van der Waals surface area contributed by atoms with Crippen LogP contribution in [0.4, 0.5) is 5.69 Å². The second kappa shape index (κ2) is 7.91. The standard InChI is InChI=1S/C24H26N4O3/c1-5-16(6-2)28-20-13-21-15(11-18(22(25)29)24(30)31-21)12-19(20)26-23(28)14-7-9-17(10-8-14)27(3)4/h7-13,16H,5-6H2,1-4H3,(H2,25,29). The van der Waals surface area contributed by atoms with E-state index in [-0.39, 0.29) is 11.6 Å². The number of primary amides is 1. The Bertz CT molecular complexity index is 1330. The van der Waals surface area contributed by atoms with Crippen LogP contribution in [0.15, 0.2) is 51.7 Å². The first-order valence-electron chi connectivity index (χ1n) is 10.4. The number of carbonyl (C=O) groups is 1. The maximum Gasteiger partial charge on any atom is 0.349 e. The molecule has 0 saturated carbocycles. The number of hydrogen-bond acceptors (Lipinski definition) is 5. The number of hydrogen-bond donors (Lipinski definition) is 1. The maximum atomic E-state index is 12.2. The van der Waals surface area contributed by atoms with Gasteiger partial charge in [-0.3, -0.25) is 4.79 Å². The van der Waals surface area contributed by atoms with Crippen molar-refractivity contribution in [3.05, 3.63) is 58.4 Å². The molecule has 0 unspecified atom stereocenters. The van der Waals surface area contributed by atoms with Crippen molar-refractivity contribution in [2.45, 2.75) is 32.7 Å². The highest BCUT2D eigenvalue weighted by atomic mass is 16.4. The fourth-order valence-corrected chi connectivity index (χ4v) is 4.02. The first kappa shape index (κ1) is 20.7. The molecule has 2 aromatic heterocycles. The van der Waals surface area contributed by atoms with E-state index in [1.807, 2.05) is 26.2 Å². The van der Waals surface area contributed by atoms with Gasteiger partial charge in [-0.25, -0.2) is 9.78 Å². The zero-order chi connectivity index (χ0) is 22.3. The summed E-state index contributed by atoms with van der Waals surface area (Å²) < 4.78 is 7.64. The Kier molecular flexibility index (Phi) is 5.27. The summed E-state index contributed by atoms with van der Waals surface area (Å²) in [6.07, 6.45) is 1.88. The monoisotopic (exact) mass is 418 g/mol. The number of amides is 1. The maximum absolute atomic E-state index is 12.2. The van der Waals surface area contributed by atoms with Crippen LogP contribution in [-0.4, -0.2) is 29.6 Å². The summed E-state index contributed by atoms with van der Waals surface area (Å²) in [4.78, 5) is 30.7. The van der Waals surface area contributed by atoms with Crippen LogP contribution in [0.25, 0.3) is 33.4 Å². The highest BCUT2D eigenvalue weighted by Crippen LogP contribution is 2.34. The van der Waals surface area contributed by atoms with Crippen LogP contribution in [0, 0.1) is 0 Å². The van der Waals surface area contributed by atoms with Gasteiger partial charge in [0.15, 0.2) is 0 Å². The van der Waals surface area contributed by atoms with Crippen molar-refractivity contribution >= 4 is 33.6 Å². The van der Waals surface area contributed by atoms with Gasteiger partial charge < -0.3 is 19.6 Å². The summed E-state index contributed by atoms with van der Waals surface area (Å²) in [5.41, 5.74) is 8.61. The third kappa shape index (κ3) is 3.56. The van der Waals surface area contributed by atoms with Gasteiger partial charge in [-0.15, -0.1) is 0 Å². The minimum absolute atomic E-state index is 0.161. The third-order valence-corrected chi connectivity index (χ3v) is 5.76. The number of fused-ring (bicyclic) bond motifs is 2. The van der Waals surface area contributed by atoms with Gasteiger partial charge in [0.05, 0.1) is 11.0 Å². The summed E-state index contributed by atoms with van der Waals surface area (Å²) in [5, 5.41) is 0.615. The van der Waals surface area contributed by atoms with Crippen molar-refractivity contribution in [2.24, 2.45) is 5.73 Å². The minimum atomic E-state index is -0.806. The molecule has 31 heavy (non-hydrogen) atoms. The molecule has 4 rings (SSSR count). The second-order valence-electron chi connectivity index (χ2n) is 7.91. The smallest absolute Gasteiger partial charge is 0.349 e. The fourth-order valence-electron chi connectivity index (χ4n) is 4.02. The molecule has 2 heterocycles. The van der Waals surface area contributed by atoms with Gasteiger partial charge in [0.1, 0.15) is 17.0 Å². The zero-order valence-corrected chi connectivity index (χ0v) is 18.2. The quantitative estimate of drug-likeness (QED) is 0.470. The van der Waals surface area contributed by atoms with E-state index in [0.29, 0.717) is 11.0 Å². The predicted octanol–water partition coefficient (Wildman–Crippen LogP) is 4.34. The molecule has 0 saturated heterocycles. The van der Waals surface area contributed by atoms with E-state index in [4.69, 9.17) is 15.1 Å². The SMILES string of the molecule is CCC(CC)n1c(-c2ccc(N(C)C)cc2)nc2cc3cc(C(N)=O)c(=O)oc3cc21. The van der Waals surface area contributed by atoms with Crippen LogP contribution >= 0.6 is 0 Å². The fraction of sp³-hybridized carbons (Fsp3) is 0.292. The lowest BCUT2D eigenvalue weighted by Gasteiger charge is -2.19. The van der Waals surface area contributed by atoms with Crippen LogP contribution in [0.2, 0.25) is 0 Å². The molecule has 0 atom stereocenters. The summed E-state index contributed by atoms with van der Waals surface area (Å²) in [5.74, 6) is 0.0572. The van der Waals surface area contributed by atoms with Gasteiger partial charge in [0, 0.05) is 42.8 Å². The lowest BCUT2D eigenvalue weighted by molar-refractivity contribution is 0.0997. The molecule has 7 heteroatoms. The topological polar surface area (TPSA) is 94.4 Å². The van der Waals surface area contributed by atoms with Crippen LogP contribution in [0.3, 0.4) is 0 Å². The van der Waals surface area contributed by atoms with Crippen molar-refractivity contribution in [1.29, 1.82) is 0 Å². The molecule has 0 radical (unpaired) electrons. The molecule has 2 N–H and O–H groups in total. The number of rotatable bonds is 6. The first-order valence-corrected chi connectivity index (χ1v) is 10.4. The van der Waals surface area contributed by atoms with Crippen LogP contribution < -0.4 is 16.3 Å². The molecule has 2 aromatic carbocycles. The summed E-state index contributed by atoms with van der Waals surface area (Å²) in [6.45, 7) is 4.30. The minimum Gasteiger partial charge on any atom is -0.422 e. The zero-order valence-electron chi connectivity index (χ0n) is 18.2. The molecular formula is C24H26N4O3. The van der Waals surface area contributed by atoms with Crippen molar-refractivity contribution < 1.29 is 9.21 Å². The number of nitrogens with zero attached hydrogens (tertiary/aromatic N) is 3. The average Bonchev–Trinajstić information content (AvgIpc) is 3.11. The van der Waals surface area contributed by atoms with E-state index < -0.39 is 11.5 Å². The molecule has 1 amide bonds. The lowest BCUT2D eigenvalue weighted by atomic mass is 10.1. The predicted molar refractivity (Wildman–Crippen MR) is 124 cm³/mol. The molecule has 160 valence electrons. The van der Waals surface area contributed by atoms with E-state index in [2.05, 4.69) is 47.6 Å². The van der Waals surface area contributed by atoms with Crippen molar-refractivity contribution in [2.75, 3.05) is 19.0 Å². The molecule has 7 nitrogen and oxygen atoms in total. The third-order valence-electron chi connectivity index (χ3n) is 5.76. The van der Waals surface area contributed by atoms with E-state index in [0.717, 1.165) is 41.0 Å². The molecule has 0 aliphatic carbocycles. The number of carbonyl (C=O) groups excluding carboxylic acids is 1. The van der Waals surface area contributed by atoms with Gasteiger partial charge in [-0.2, -0.15) is 0 Å². The Balaban J connectivity index is 2.00. The average molecular weight is 418 g/mol.